The Balaban J connectivity index is 1.25. The van der Waals surface area contributed by atoms with Crippen molar-refractivity contribution in [3.63, 3.8) is 0 Å². The van der Waals surface area contributed by atoms with Crippen molar-refractivity contribution in [1.82, 2.24) is 9.88 Å². The molecule has 1 fully saturated rings. The van der Waals surface area contributed by atoms with E-state index in [9.17, 15) is 13.2 Å². The number of benzene rings is 2. The van der Waals surface area contributed by atoms with Gasteiger partial charge in [-0.25, -0.2) is 18.2 Å². The smallest absolute Gasteiger partial charge is 0.415 e. The predicted octanol–water partition coefficient (Wildman–Crippen LogP) is 4.51. The molecule has 8 nitrogen and oxygen atoms in total. The highest BCUT2D eigenvalue weighted by atomic mass is 32.2. The zero-order valence-electron chi connectivity index (χ0n) is 19.0. The highest BCUT2D eigenvalue weighted by Gasteiger charge is 2.27. The lowest BCUT2D eigenvalue weighted by atomic mass is 9.98. The van der Waals surface area contributed by atoms with E-state index in [1.807, 2.05) is 5.38 Å². The quantitative estimate of drug-likeness (QED) is 0.469. The van der Waals surface area contributed by atoms with Gasteiger partial charge in [0, 0.05) is 30.6 Å². The van der Waals surface area contributed by atoms with Crippen LogP contribution in [-0.4, -0.2) is 50.9 Å². The van der Waals surface area contributed by atoms with Crippen LogP contribution in [-0.2, 0) is 16.4 Å². The molecule has 0 atom stereocenters. The maximum absolute atomic E-state index is 12.5. The van der Waals surface area contributed by atoms with Gasteiger partial charge in [-0.3, -0.25) is 0 Å². The van der Waals surface area contributed by atoms with Gasteiger partial charge in [-0.05, 0) is 61.4 Å². The number of thiazole rings is 1. The molecule has 1 amide bonds. The number of hydrogen-bond acceptors (Lipinski definition) is 8. The number of amides is 1. The van der Waals surface area contributed by atoms with Gasteiger partial charge in [0.25, 0.3) is 0 Å². The van der Waals surface area contributed by atoms with Crippen molar-refractivity contribution in [3.05, 3.63) is 64.6 Å². The number of nitrogens with zero attached hydrogens (tertiary/aromatic N) is 2. The summed E-state index contributed by atoms with van der Waals surface area (Å²) in [5, 5.41) is 3.01. The summed E-state index contributed by atoms with van der Waals surface area (Å²) in [4.78, 5) is 19.2. The number of hydrogen-bond donors (Lipinski definition) is 0. The summed E-state index contributed by atoms with van der Waals surface area (Å²) in [5.41, 5.74) is 0.827. The Morgan fingerprint density at radius 1 is 1.03 bits per heavy atom. The Morgan fingerprint density at radius 3 is 2.26 bits per heavy atom. The Kier molecular flexibility index (Phi) is 7.38. The largest absolute Gasteiger partial charge is 0.497 e. The van der Waals surface area contributed by atoms with Crippen molar-refractivity contribution < 1.29 is 27.4 Å². The summed E-state index contributed by atoms with van der Waals surface area (Å²) in [6, 6.07) is 13.3. The molecular weight excluding hydrogens is 476 g/mol. The SMILES string of the molecule is COc1ccc(OC(=O)N2CCC(c3nc(COc4ccc(S(C)(=O)=O)cc4)cs3)CC2)cc1. The predicted molar refractivity (Wildman–Crippen MR) is 129 cm³/mol. The van der Waals surface area contributed by atoms with Gasteiger partial charge in [0.2, 0.25) is 0 Å². The van der Waals surface area contributed by atoms with Gasteiger partial charge >= 0.3 is 6.09 Å². The molecule has 0 spiro atoms. The van der Waals surface area contributed by atoms with Crippen molar-refractivity contribution in [2.75, 3.05) is 26.5 Å². The van der Waals surface area contributed by atoms with E-state index in [0.29, 0.717) is 36.9 Å². The third-order valence-electron chi connectivity index (χ3n) is 5.58. The minimum absolute atomic E-state index is 0.259. The van der Waals surface area contributed by atoms with Crippen molar-refractivity contribution in [2.24, 2.45) is 0 Å². The van der Waals surface area contributed by atoms with Crippen molar-refractivity contribution in [2.45, 2.75) is 30.3 Å². The van der Waals surface area contributed by atoms with Crippen LogP contribution in [0.25, 0.3) is 0 Å². The van der Waals surface area contributed by atoms with Crippen LogP contribution in [0.1, 0.15) is 29.5 Å². The van der Waals surface area contributed by atoms with Gasteiger partial charge in [0.1, 0.15) is 23.9 Å². The van der Waals surface area contributed by atoms with E-state index >= 15 is 0 Å². The summed E-state index contributed by atoms with van der Waals surface area (Å²) < 4.78 is 39.4. The van der Waals surface area contributed by atoms with Crippen molar-refractivity contribution in [1.29, 1.82) is 0 Å². The van der Waals surface area contributed by atoms with E-state index in [1.54, 1.807) is 59.7 Å². The van der Waals surface area contributed by atoms with Crippen LogP contribution in [0.5, 0.6) is 17.2 Å². The van der Waals surface area contributed by atoms with Crippen LogP contribution in [0, 0.1) is 0 Å². The molecular formula is C24H26N2O6S2. The fourth-order valence-electron chi connectivity index (χ4n) is 3.63. The van der Waals surface area contributed by atoms with E-state index < -0.39 is 9.84 Å². The molecule has 34 heavy (non-hydrogen) atoms. The number of methoxy groups -OCH3 is 1. The van der Waals surface area contributed by atoms with Crippen molar-refractivity contribution in [3.8, 4) is 17.2 Å². The van der Waals surface area contributed by atoms with Crippen LogP contribution in [0.3, 0.4) is 0 Å². The summed E-state index contributed by atoms with van der Waals surface area (Å²) in [6.45, 7) is 1.53. The maximum Gasteiger partial charge on any atom is 0.415 e. The van der Waals surface area contributed by atoms with E-state index in [2.05, 4.69) is 0 Å². The first kappa shape index (κ1) is 24.0. The van der Waals surface area contributed by atoms with Crippen LogP contribution < -0.4 is 14.2 Å². The Hall–Kier alpha value is -3.11. The molecule has 2 heterocycles. The molecule has 0 radical (unpaired) electrons. The highest BCUT2D eigenvalue weighted by Crippen LogP contribution is 2.31. The summed E-state index contributed by atoms with van der Waals surface area (Å²) >= 11 is 1.60. The zero-order valence-corrected chi connectivity index (χ0v) is 20.6. The lowest BCUT2D eigenvalue weighted by Crippen LogP contribution is -2.39. The number of rotatable bonds is 7. The van der Waals surface area contributed by atoms with E-state index in [-0.39, 0.29) is 16.9 Å². The molecule has 0 unspecified atom stereocenters. The zero-order chi connectivity index (χ0) is 24.1. The second-order valence-electron chi connectivity index (χ2n) is 8.01. The Labute approximate surface area is 203 Å². The third-order valence-corrected chi connectivity index (χ3v) is 7.76. The first-order valence-corrected chi connectivity index (χ1v) is 13.6. The fourth-order valence-corrected chi connectivity index (χ4v) is 5.24. The molecule has 0 bridgehead atoms. The average Bonchev–Trinajstić information content (AvgIpc) is 3.32. The summed E-state index contributed by atoms with van der Waals surface area (Å²) in [6.07, 6.45) is 2.46. The van der Waals surface area contributed by atoms with Crippen LogP contribution in [0.2, 0.25) is 0 Å². The minimum atomic E-state index is -3.23. The molecule has 2 aromatic carbocycles. The first-order chi connectivity index (χ1) is 16.3. The Bertz CT molecular complexity index is 1220. The molecule has 0 N–H and O–H groups in total. The van der Waals surface area contributed by atoms with Crippen LogP contribution in [0.4, 0.5) is 4.79 Å². The topological polar surface area (TPSA) is 95.0 Å². The lowest BCUT2D eigenvalue weighted by molar-refractivity contribution is 0.138. The maximum atomic E-state index is 12.5. The number of piperidine rings is 1. The second kappa shape index (κ2) is 10.4. The van der Waals surface area contributed by atoms with Crippen molar-refractivity contribution >= 4 is 27.3 Å². The molecule has 1 aliphatic heterocycles. The third kappa shape index (κ3) is 6.06. The molecule has 4 rings (SSSR count). The number of carbonyl (C=O) groups is 1. The average molecular weight is 503 g/mol. The number of ether oxygens (including phenoxy) is 3. The monoisotopic (exact) mass is 502 g/mol. The van der Waals surface area contributed by atoms with Gasteiger partial charge in [-0.15, -0.1) is 11.3 Å². The first-order valence-electron chi connectivity index (χ1n) is 10.8. The normalized spacial score (nSPS) is 14.6. The molecule has 3 aromatic rings. The molecule has 1 aromatic heterocycles. The van der Waals surface area contributed by atoms with Crippen LogP contribution in [0.15, 0.2) is 58.8 Å². The molecule has 1 saturated heterocycles. The second-order valence-corrected chi connectivity index (χ2v) is 10.9. The number of aromatic nitrogens is 1. The van der Waals surface area contributed by atoms with Gasteiger partial charge in [-0.2, -0.15) is 0 Å². The van der Waals surface area contributed by atoms with Gasteiger partial charge in [-0.1, -0.05) is 0 Å². The molecule has 1 aliphatic rings. The molecule has 0 aliphatic carbocycles. The van der Waals surface area contributed by atoms with Crippen LogP contribution >= 0.6 is 11.3 Å². The van der Waals surface area contributed by atoms with Gasteiger partial charge in [0.15, 0.2) is 9.84 Å². The standard InChI is InChI=1S/C24H26N2O6S2/c1-30-19-3-5-21(6-4-19)32-24(27)26-13-11-17(12-14-26)23-25-18(16-33-23)15-31-20-7-9-22(10-8-20)34(2,28)29/h3-10,16-17H,11-15H2,1-2H3. The number of carbonyl (C=O) groups excluding carboxylic acids is 1. The highest BCUT2D eigenvalue weighted by molar-refractivity contribution is 7.90. The lowest BCUT2D eigenvalue weighted by Gasteiger charge is -2.30. The van der Waals surface area contributed by atoms with E-state index in [4.69, 9.17) is 19.2 Å². The molecule has 180 valence electrons. The minimum Gasteiger partial charge on any atom is -0.497 e. The fraction of sp³-hybridized carbons (Fsp3) is 0.333. The molecule has 0 saturated carbocycles. The summed E-state index contributed by atoms with van der Waals surface area (Å²) in [5.74, 6) is 2.07. The number of sulfone groups is 1. The molecule has 10 heteroatoms. The Morgan fingerprint density at radius 2 is 1.65 bits per heavy atom. The summed E-state index contributed by atoms with van der Waals surface area (Å²) in [7, 11) is -1.64. The van der Waals surface area contributed by atoms with E-state index in [1.165, 1.54) is 18.4 Å². The van der Waals surface area contributed by atoms with E-state index in [0.717, 1.165) is 23.5 Å². The van der Waals surface area contributed by atoms with Gasteiger partial charge in [0.05, 0.1) is 22.7 Å². The van der Waals surface area contributed by atoms with Gasteiger partial charge < -0.3 is 19.1 Å². The number of likely N-dealkylation sites (tertiary alicyclic amines) is 1.